The van der Waals surface area contributed by atoms with Gasteiger partial charge in [-0.05, 0) is 36.8 Å². The van der Waals surface area contributed by atoms with E-state index in [9.17, 15) is 9.59 Å². The van der Waals surface area contributed by atoms with Gasteiger partial charge >= 0.3 is 0 Å². The molecule has 3 aromatic rings. The number of nitrogens with zero attached hydrogens (tertiary/aromatic N) is 5. The van der Waals surface area contributed by atoms with Gasteiger partial charge in [-0.2, -0.15) is 0 Å². The third kappa shape index (κ3) is 4.26. The summed E-state index contributed by atoms with van der Waals surface area (Å²) < 4.78 is 13.0. The topological polar surface area (TPSA) is 89.8 Å². The zero-order chi connectivity index (χ0) is 23.7. The number of methoxy groups -OCH3 is 1. The number of amides is 2. The lowest BCUT2D eigenvalue weighted by Gasteiger charge is -2.34. The lowest BCUT2D eigenvalue weighted by Crippen LogP contribution is -2.50. The average molecular weight is 462 g/mol. The SMILES string of the molecule is COc1ccc(C(=O)N2CCN(C(=O)c3nnn4c3CO[C@H](c3ccc(C)cc3)C4)CC2)cc1. The van der Waals surface area contributed by atoms with E-state index < -0.39 is 0 Å². The van der Waals surface area contributed by atoms with Crippen molar-refractivity contribution in [3.8, 4) is 5.75 Å². The van der Waals surface area contributed by atoms with Crippen molar-refractivity contribution in [1.29, 1.82) is 0 Å². The molecule has 0 spiro atoms. The Bertz CT molecular complexity index is 1180. The molecule has 9 nitrogen and oxygen atoms in total. The minimum Gasteiger partial charge on any atom is -0.497 e. The third-order valence-electron chi connectivity index (χ3n) is 6.44. The number of carbonyl (C=O) groups excluding carboxylic acids is 2. The molecule has 2 amide bonds. The van der Waals surface area contributed by atoms with Crippen LogP contribution in [-0.2, 0) is 17.9 Å². The van der Waals surface area contributed by atoms with E-state index in [0.717, 1.165) is 5.56 Å². The maximum atomic E-state index is 13.2. The number of ether oxygens (including phenoxy) is 2. The smallest absolute Gasteiger partial charge is 0.276 e. The maximum absolute atomic E-state index is 13.2. The highest BCUT2D eigenvalue weighted by atomic mass is 16.5. The number of piperazine rings is 1. The van der Waals surface area contributed by atoms with Crippen molar-refractivity contribution in [2.75, 3.05) is 33.3 Å². The Kier molecular flexibility index (Phi) is 6.02. The van der Waals surface area contributed by atoms with Crippen LogP contribution in [0.25, 0.3) is 0 Å². The van der Waals surface area contributed by atoms with E-state index in [4.69, 9.17) is 9.47 Å². The molecule has 0 unspecified atom stereocenters. The second-order valence-electron chi connectivity index (χ2n) is 8.59. The maximum Gasteiger partial charge on any atom is 0.276 e. The summed E-state index contributed by atoms with van der Waals surface area (Å²) in [6.07, 6.45) is -0.120. The zero-order valence-corrected chi connectivity index (χ0v) is 19.3. The molecule has 34 heavy (non-hydrogen) atoms. The first-order valence-corrected chi connectivity index (χ1v) is 11.4. The van der Waals surface area contributed by atoms with Crippen LogP contribution in [0.2, 0.25) is 0 Å². The Morgan fingerprint density at radius 1 is 0.941 bits per heavy atom. The number of hydrogen-bond acceptors (Lipinski definition) is 6. The van der Waals surface area contributed by atoms with Crippen molar-refractivity contribution < 1.29 is 19.1 Å². The molecule has 1 fully saturated rings. The summed E-state index contributed by atoms with van der Waals surface area (Å²) in [5, 5.41) is 8.41. The van der Waals surface area contributed by atoms with Crippen LogP contribution in [0, 0.1) is 6.92 Å². The molecule has 0 radical (unpaired) electrons. The van der Waals surface area contributed by atoms with Gasteiger partial charge in [0, 0.05) is 31.7 Å². The van der Waals surface area contributed by atoms with Crippen LogP contribution in [0.1, 0.15) is 43.8 Å². The fraction of sp³-hybridized carbons (Fsp3) is 0.360. The van der Waals surface area contributed by atoms with E-state index in [1.165, 1.54) is 5.56 Å². The fourth-order valence-electron chi connectivity index (χ4n) is 4.34. The summed E-state index contributed by atoms with van der Waals surface area (Å²) in [5.74, 6) is 0.486. The lowest BCUT2D eigenvalue weighted by atomic mass is 10.1. The van der Waals surface area contributed by atoms with Gasteiger partial charge in [0.15, 0.2) is 5.69 Å². The fourth-order valence-corrected chi connectivity index (χ4v) is 4.34. The van der Waals surface area contributed by atoms with Crippen molar-refractivity contribution in [3.63, 3.8) is 0 Å². The first-order chi connectivity index (χ1) is 16.5. The first kappa shape index (κ1) is 22.1. The predicted octanol–water partition coefficient (Wildman–Crippen LogP) is 2.46. The second-order valence-corrected chi connectivity index (χ2v) is 8.59. The van der Waals surface area contributed by atoms with Crippen molar-refractivity contribution in [2.45, 2.75) is 26.2 Å². The van der Waals surface area contributed by atoms with Gasteiger partial charge in [0.1, 0.15) is 11.9 Å². The molecule has 0 N–H and O–H groups in total. The molecule has 0 bridgehead atoms. The highest BCUT2D eigenvalue weighted by Gasteiger charge is 2.32. The Hall–Kier alpha value is -3.72. The molecular formula is C25H27N5O4. The molecule has 0 aliphatic carbocycles. The minimum absolute atomic E-state index is 0.0497. The Morgan fingerprint density at radius 3 is 2.24 bits per heavy atom. The Morgan fingerprint density at radius 2 is 1.59 bits per heavy atom. The van der Waals surface area contributed by atoms with Gasteiger partial charge in [-0.25, -0.2) is 4.68 Å². The first-order valence-electron chi connectivity index (χ1n) is 11.4. The zero-order valence-electron chi connectivity index (χ0n) is 19.3. The molecule has 1 atom stereocenters. The third-order valence-corrected chi connectivity index (χ3v) is 6.44. The van der Waals surface area contributed by atoms with Crippen LogP contribution < -0.4 is 4.74 Å². The molecule has 9 heteroatoms. The van der Waals surface area contributed by atoms with Crippen LogP contribution in [-0.4, -0.2) is 69.9 Å². The second kappa shape index (κ2) is 9.26. The van der Waals surface area contributed by atoms with Gasteiger partial charge in [0.25, 0.3) is 11.8 Å². The van der Waals surface area contributed by atoms with Gasteiger partial charge in [-0.15, -0.1) is 5.10 Å². The highest BCUT2D eigenvalue weighted by Crippen LogP contribution is 2.27. The molecule has 0 saturated carbocycles. The summed E-state index contributed by atoms with van der Waals surface area (Å²) in [4.78, 5) is 29.5. The van der Waals surface area contributed by atoms with E-state index >= 15 is 0 Å². The molecule has 2 aliphatic heterocycles. The number of fused-ring (bicyclic) bond motifs is 1. The predicted molar refractivity (Wildman–Crippen MR) is 124 cm³/mol. The van der Waals surface area contributed by atoms with Crippen LogP contribution in [0.5, 0.6) is 5.75 Å². The Balaban J connectivity index is 1.21. The molecule has 1 aromatic heterocycles. The number of rotatable bonds is 4. The van der Waals surface area contributed by atoms with E-state index in [-0.39, 0.29) is 24.5 Å². The van der Waals surface area contributed by atoms with E-state index in [0.29, 0.717) is 55.4 Å². The van der Waals surface area contributed by atoms with Gasteiger partial charge in [-0.1, -0.05) is 35.0 Å². The normalized spacial score (nSPS) is 17.9. The van der Waals surface area contributed by atoms with E-state index in [2.05, 4.69) is 34.6 Å². The summed E-state index contributed by atoms with van der Waals surface area (Å²) >= 11 is 0. The number of carbonyl (C=O) groups is 2. The van der Waals surface area contributed by atoms with Crippen LogP contribution in [0.15, 0.2) is 48.5 Å². The summed E-state index contributed by atoms with van der Waals surface area (Å²) in [5.41, 5.74) is 3.91. The number of aryl methyl sites for hydroxylation is 1. The summed E-state index contributed by atoms with van der Waals surface area (Å²) in [6, 6.07) is 15.3. The number of aromatic nitrogens is 3. The average Bonchev–Trinajstić information content (AvgIpc) is 3.32. The van der Waals surface area contributed by atoms with E-state index in [1.54, 1.807) is 45.9 Å². The molecule has 1 saturated heterocycles. The number of hydrogen-bond donors (Lipinski definition) is 0. The van der Waals surface area contributed by atoms with E-state index in [1.807, 2.05) is 6.92 Å². The summed E-state index contributed by atoms with van der Waals surface area (Å²) in [6.45, 7) is 4.66. The standard InChI is InChI=1S/C25H27N5O4/c1-17-3-5-18(6-4-17)22-15-30-21(16-34-22)23(26-27-30)25(32)29-13-11-28(12-14-29)24(31)19-7-9-20(33-2)10-8-19/h3-10,22H,11-16H2,1-2H3/t22-/m0/s1. The Labute approximate surface area is 197 Å². The molecule has 176 valence electrons. The lowest BCUT2D eigenvalue weighted by molar-refractivity contribution is -0.00203. The van der Waals surface area contributed by atoms with Crippen LogP contribution in [0.3, 0.4) is 0 Å². The van der Waals surface area contributed by atoms with Crippen LogP contribution in [0.4, 0.5) is 0 Å². The van der Waals surface area contributed by atoms with Gasteiger partial charge in [-0.3, -0.25) is 9.59 Å². The number of benzene rings is 2. The molecule has 5 rings (SSSR count). The molecule has 2 aromatic carbocycles. The quantitative estimate of drug-likeness (QED) is 0.593. The molecule has 2 aliphatic rings. The van der Waals surface area contributed by atoms with Crippen LogP contribution >= 0.6 is 0 Å². The van der Waals surface area contributed by atoms with Crippen molar-refractivity contribution in [2.24, 2.45) is 0 Å². The largest absolute Gasteiger partial charge is 0.497 e. The highest BCUT2D eigenvalue weighted by molar-refractivity contribution is 5.95. The molecular weight excluding hydrogens is 434 g/mol. The summed E-state index contributed by atoms with van der Waals surface area (Å²) in [7, 11) is 1.59. The van der Waals surface area contributed by atoms with Gasteiger partial charge in [0.2, 0.25) is 0 Å². The monoisotopic (exact) mass is 461 g/mol. The van der Waals surface area contributed by atoms with Crippen molar-refractivity contribution in [1.82, 2.24) is 24.8 Å². The van der Waals surface area contributed by atoms with Gasteiger partial charge in [0.05, 0.1) is 26.0 Å². The van der Waals surface area contributed by atoms with Crippen molar-refractivity contribution >= 4 is 11.8 Å². The minimum atomic E-state index is -0.171. The van der Waals surface area contributed by atoms with Gasteiger partial charge < -0.3 is 19.3 Å². The molecule has 3 heterocycles. The van der Waals surface area contributed by atoms with Crippen molar-refractivity contribution in [3.05, 3.63) is 76.6 Å².